The van der Waals surface area contributed by atoms with Crippen LogP contribution in [-0.4, -0.2) is 106 Å². The lowest BCUT2D eigenvalue weighted by molar-refractivity contribution is 0.0152. The number of amides is 3. The van der Waals surface area contributed by atoms with Crippen LogP contribution in [-0.2, 0) is 4.74 Å². The number of urea groups is 1. The highest BCUT2D eigenvalue weighted by atomic mass is 19.1. The number of carbonyl (C=O) groups is 2. The second-order valence-electron chi connectivity index (χ2n) is 11.3. The molecule has 2 fully saturated rings. The van der Waals surface area contributed by atoms with Crippen molar-refractivity contribution < 1.29 is 23.8 Å². The molecular weight excluding hydrogens is 505 g/mol. The van der Waals surface area contributed by atoms with Gasteiger partial charge in [-0.15, -0.1) is 10.2 Å². The highest BCUT2D eigenvalue weighted by Crippen LogP contribution is 2.41. The smallest absolute Gasteiger partial charge is 0.410 e. The lowest BCUT2D eigenvalue weighted by atomic mass is 9.88. The lowest BCUT2D eigenvalue weighted by Gasteiger charge is -2.54. The Morgan fingerprint density at radius 1 is 1.08 bits per heavy atom. The molecule has 12 heteroatoms. The van der Waals surface area contributed by atoms with Crippen LogP contribution in [0.4, 0.5) is 25.5 Å². The molecule has 1 aromatic carbocycles. The molecule has 1 aromatic heterocycles. The molecule has 2 saturated heterocycles. The lowest BCUT2D eigenvalue weighted by Crippen LogP contribution is -2.69. The molecule has 0 radical (unpaired) electrons. The molecule has 2 N–H and O–H groups in total. The van der Waals surface area contributed by atoms with Gasteiger partial charge in [-0.1, -0.05) is 13.0 Å². The number of para-hydroxylation sites is 1. The number of phenols is 1. The molecule has 0 spiro atoms. The number of halogens is 1. The molecule has 5 rings (SSSR count). The molecule has 1 atom stereocenters. The van der Waals surface area contributed by atoms with Crippen LogP contribution in [0.2, 0.25) is 0 Å². The fraction of sp³-hybridized carbons (Fsp3) is 0.556. The van der Waals surface area contributed by atoms with E-state index in [1.54, 1.807) is 15.9 Å². The Labute approximate surface area is 227 Å². The zero-order valence-electron chi connectivity index (χ0n) is 22.9. The Hall–Kier alpha value is -3.83. The number of anilines is 2. The van der Waals surface area contributed by atoms with Gasteiger partial charge in [-0.2, -0.15) is 0 Å². The minimum Gasteiger partial charge on any atom is -0.504 e. The maximum atomic E-state index is 14.0. The maximum Gasteiger partial charge on any atom is 0.410 e. The summed E-state index contributed by atoms with van der Waals surface area (Å²) in [5, 5.41) is 22.2. The van der Waals surface area contributed by atoms with Crippen molar-refractivity contribution in [1.82, 2.24) is 24.9 Å². The van der Waals surface area contributed by atoms with Gasteiger partial charge in [0.1, 0.15) is 5.60 Å². The number of rotatable bonds is 2. The van der Waals surface area contributed by atoms with E-state index in [0.29, 0.717) is 63.9 Å². The molecule has 0 bridgehead atoms. The van der Waals surface area contributed by atoms with Crippen molar-refractivity contribution in [3.63, 3.8) is 0 Å². The van der Waals surface area contributed by atoms with Crippen LogP contribution in [0.25, 0.3) is 11.3 Å². The van der Waals surface area contributed by atoms with E-state index in [0.717, 1.165) is 12.1 Å². The second kappa shape index (κ2) is 10.0. The van der Waals surface area contributed by atoms with Gasteiger partial charge < -0.3 is 34.8 Å². The Morgan fingerprint density at radius 3 is 2.46 bits per heavy atom. The summed E-state index contributed by atoms with van der Waals surface area (Å²) < 4.78 is 19.5. The van der Waals surface area contributed by atoms with Gasteiger partial charge in [0.15, 0.2) is 17.4 Å². The first-order valence-electron chi connectivity index (χ1n) is 13.4. The van der Waals surface area contributed by atoms with Crippen LogP contribution in [0.15, 0.2) is 24.3 Å². The zero-order chi connectivity index (χ0) is 27.9. The normalized spacial score (nSPS) is 21.2. The van der Waals surface area contributed by atoms with Gasteiger partial charge in [0.25, 0.3) is 0 Å². The molecule has 210 valence electrons. The van der Waals surface area contributed by atoms with Gasteiger partial charge in [0.05, 0.1) is 16.9 Å². The number of nitrogens with zero attached hydrogens (tertiary/aromatic N) is 6. The molecule has 0 aliphatic carbocycles. The third-order valence-electron chi connectivity index (χ3n) is 7.69. The van der Waals surface area contributed by atoms with E-state index in [9.17, 15) is 19.1 Å². The molecule has 3 aliphatic rings. The fourth-order valence-corrected chi connectivity index (χ4v) is 5.52. The molecule has 3 aliphatic heterocycles. The number of hydrogen-bond acceptors (Lipinski definition) is 8. The first kappa shape index (κ1) is 26.8. The number of ether oxygens (including phenoxy) is 1. The summed E-state index contributed by atoms with van der Waals surface area (Å²) in [5.74, 6) is -0.552. The monoisotopic (exact) mass is 541 g/mol. The summed E-state index contributed by atoms with van der Waals surface area (Å²) in [6, 6.07) is 6.12. The van der Waals surface area contributed by atoms with Crippen molar-refractivity contribution >= 4 is 23.6 Å². The predicted molar refractivity (Wildman–Crippen MR) is 144 cm³/mol. The Bertz CT molecular complexity index is 1260. The van der Waals surface area contributed by atoms with Gasteiger partial charge in [0.2, 0.25) is 0 Å². The summed E-state index contributed by atoms with van der Waals surface area (Å²) in [6.07, 6.45) is 0.424. The van der Waals surface area contributed by atoms with Crippen LogP contribution in [0.1, 0.15) is 34.1 Å². The van der Waals surface area contributed by atoms with Crippen LogP contribution in [0, 0.1) is 5.82 Å². The molecule has 1 unspecified atom stereocenters. The molecular formula is C27H36FN7O4. The van der Waals surface area contributed by atoms with Crippen molar-refractivity contribution in [1.29, 1.82) is 0 Å². The number of hydrogen-bond donors (Lipinski definition) is 2. The Balaban J connectivity index is 1.30. The molecule has 4 heterocycles. The summed E-state index contributed by atoms with van der Waals surface area (Å²) in [5.41, 5.74) is 0.534. The van der Waals surface area contributed by atoms with Crippen LogP contribution >= 0.6 is 0 Å². The molecule has 0 saturated carbocycles. The maximum absolute atomic E-state index is 14.0. The predicted octanol–water partition coefficient (Wildman–Crippen LogP) is 3.36. The van der Waals surface area contributed by atoms with Gasteiger partial charge in [-0.05, 0) is 45.4 Å². The van der Waals surface area contributed by atoms with Crippen molar-refractivity contribution in [2.75, 3.05) is 62.6 Å². The van der Waals surface area contributed by atoms with E-state index >= 15 is 0 Å². The third kappa shape index (κ3) is 5.11. The summed E-state index contributed by atoms with van der Waals surface area (Å²) in [6.45, 7) is 11.6. The van der Waals surface area contributed by atoms with Crippen LogP contribution in [0.5, 0.6) is 5.75 Å². The van der Waals surface area contributed by atoms with Crippen molar-refractivity contribution in [3.05, 3.63) is 30.1 Å². The highest BCUT2D eigenvalue weighted by molar-refractivity contribution is 5.79. The number of benzene rings is 1. The summed E-state index contributed by atoms with van der Waals surface area (Å²) in [4.78, 5) is 33.6. The number of phenolic OH excluding ortho intramolecular Hbond substituents is 1. The van der Waals surface area contributed by atoms with Gasteiger partial charge >= 0.3 is 12.1 Å². The van der Waals surface area contributed by atoms with Crippen LogP contribution in [0.3, 0.4) is 0 Å². The third-order valence-corrected chi connectivity index (χ3v) is 7.69. The van der Waals surface area contributed by atoms with Crippen molar-refractivity contribution in [3.8, 4) is 17.0 Å². The van der Waals surface area contributed by atoms with Crippen molar-refractivity contribution in [2.24, 2.45) is 0 Å². The Morgan fingerprint density at radius 2 is 1.77 bits per heavy atom. The van der Waals surface area contributed by atoms with E-state index in [4.69, 9.17) is 4.74 Å². The van der Waals surface area contributed by atoms with Gasteiger partial charge in [-0.3, -0.25) is 0 Å². The average molecular weight is 542 g/mol. The minimum atomic E-state index is -0.716. The second-order valence-corrected chi connectivity index (χ2v) is 11.3. The van der Waals surface area contributed by atoms with E-state index < -0.39 is 17.2 Å². The van der Waals surface area contributed by atoms with E-state index in [2.05, 4.69) is 27.3 Å². The topological polar surface area (TPSA) is 114 Å². The fourth-order valence-electron chi connectivity index (χ4n) is 5.52. The van der Waals surface area contributed by atoms with Crippen LogP contribution < -0.4 is 10.2 Å². The number of carbonyl (C=O) groups excluding carboxylic acids is 2. The number of fused-ring (bicyclic) bond motifs is 3. The first-order chi connectivity index (χ1) is 18.5. The summed E-state index contributed by atoms with van der Waals surface area (Å²) >= 11 is 0. The minimum absolute atomic E-state index is 0.0321. The number of nitrogens with one attached hydrogen (secondary N) is 1. The van der Waals surface area contributed by atoms with E-state index in [-0.39, 0.29) is 23.2 Å². The molecule has 2 aromatic rings. The highest BCUT2D eigenvalue weighted by Gasteiger charge is 2.46. The number of aromatic hydroxyl groups is 1. The molecule has 3 amide bonds. The number of aromatic nitrogens is 2. The quantitative estimate of drug-likeness (QED) is 0.595. The average Bonchev–Trinajstić information content (AvgIpc) is 2.92. The van der Waals surface area contributed by atoms with Gasteiger partial charge in [0, 0.05) is 57.9 Å². The van der Waals surface area contributed by atoms with E-state index in [1.165, 1.54) is 12.1 Å². The van der Waals surface area contributed by atoms with Gasteiger partial charge in [-0.25, -0.2) is 14.0 Å². The SMILES string of the molecule is CCC12CNc3nnc(-c4cccc(F)c4O)cc3N1CCN(C(=O)N1CCN(C(=O)OC(C)(C)C)CC1)C2. The number of piperazine rings is 2. The summed E-state index contributed by atoms with van der Waals surface area (Å²) in [7, 11) is 0. The largest absolute Gasteiger partial charge is 0.504 e. The van der Waals surface area contributed by atoms with E-state index in [1.807, 2.05) is 31.7 Å². The standard InChI is InChI=1S/C27H36FN7O4/c1-5-27-16-29-23-21(15-20(30-31-23)18-7-6-8-19(28)22(18)36)35(27)14-13-34(17-27)24(37)32-9-11-33(12-10-32)25(38)39-26(2,3)4/h6-8,15,36H,5,9-14,16-17H2,1-4H3,(H,29,31). The first-order valence-corrected chi connectivity index (χ1v) is 13.4. The zero-order valence-corrected chi connectivity index (χ0v) is 22.9. The molecule has 11 nitrogen and oxygen atoms in total. The Kier molecular flexibility index (Phi) is 6.90. The molecule has 39 heavy (non-hydrogen) atoms. The van der Waals surface area contributed by atoms with Crippen molar-refractivity contribution in [2.45, 2.75) is 45.3 Å².